The van der Waals surface area contributed by atoms with E-state index in [0.717, 1.165) is 0 Å². The number of para-hydroxylation sites is 2. The molecule has 1 aliphatic rings. The number of hydrogen-bond acceptors (Lipinski definition) is 5. The van der Waals surface area contributed by atoms with E-state index < -0.39 is 18.5 Å². The maximum Gasteiger partial charge on any atom is 0.309 e. The molecule has 0 bridgehead atoms. The zero-order valence-electron chi connectivity index (χ0n) is 15.9. The summed E-state index contributed by atoms with van der Waals surface area (Å²) >= 11 is 0. The molecule has 0 aromatic heterocycles. The highest BCUT2D eigenvalue weighted by Gasteiger charge is 2.30. The largest absolute Gasteiger partial charge is 0.493 e. The van der Waals surface area contributed by atoms with Gasteiger partial charge in [0.15, 0.2) is 6.61 Å². The molecule has 3 rings (SSSR count). The summed E-state index contributed by atoms with van der Waals surface area (Å²) in [4.78, 5) is 38.1. The van der Waals surface area contributed by atoms with E-state index in [4.69, 9.17) is 9.47 Å². The van der Waals surface area contributed by atoms with Gasteiger partial charge in [-0.1, -0.05) is 12.1 Å². The Morgan fingerprint density at radius 2 is 1.90 bits per heavy atom. The van der Waals surface area contributed by atoms with E-state index in [0.29, 0.717) is 17.1 Å². The molecule has 1 aliphatic heterocycles. The van der Waals surface area contributed by atoms with Gasteiger partial charge in [-0.15, -0.1) is 0 Å². The summed E-state index contributed by atoms with van der Waals surface area (Å²) in [7, 11) is 0. The van der Waals surface area contributed by atoms with E-state index >= 15 is 0 Å². The van der Waals surface area contributed by atoms with Crippen LogP contribution in [0.4, 0.5) is 15.8 Å². The number of benzene rings is 2. The minimum atomic E-state index is -0.592. The fraction of sp³-hybridized carbons (Fsp3) is 0.286. The lowest BCUT2D eigenvalue weighted by Crippen LogP contribution is -2.41. The molecule has 2 amide bonds. The average molecular weight is 400 g/mol. The van der Waals surface area contributed by atoms with Gasteiger partial charge >= 0.3 is 5.97 Å². The highest BCUT2D eigenvalue weighted by Crippen LogP contribution is 2.31. The number of esters is 1. The van der Waals surface area contributed by atoms with Crippen LogP contribution in [0.5, 0.6) is 5.75 Å². The van der Waals surface area contributed by atoms with Gasteiger partial charge in [-0.2, -0.15) is 0 Å². The molecular weight excluding hydrogens is 379 g/mol. The van der Waals surface area contributed by atoms with Gasteiger partial charge in [-0.25, -0.2) is 4.39 Å². The summed E-state index contributed by atoms with van der Waals surface area (Å²) in [5.74, 6) is -1.14. The molecule has 1 atom stereocenters. The Hall–Kier alpha value is -3.42. The SMILES string of the molecule is CC1CC(=O)Nc2ccccc2N1C(=O)COC(=O)CCOc1ccc(F)cc1. The average Bonchev–Trinajstić information content (AvgIpc) is 2.82. The van der Waals surface area contributed by atoms with Crippen LogP contribution in [0.3, 0.4) is 0 Å². The van der Waals surface area contributed by atoms with Crippen molar-refractivity contribution in [3.63, 3.8) is 0 Å². The van der Waals surface area contributed by atoms with Gasteiger partial charge in [0.2, 0.25) is 5.91 Å². The van der Waals surface area contributed by atoms with Gasteiger partial charge in [0.1, 0.15) is 11.6 Å². The van der Waals surface area contributed by atoms with Crippen molar-refractivity contribution in [2.75, 3.05) is 23.4 Å². The van der Waals surface area contributed by atoms with Crippen LogP contribution in [0.15, 0.2) is 48.5 Å². The maximum absolute atomic E-state index is 12.8. The number of hydrogen-bond donors (Lipinski definition) is 1. The molecule has 0 aliphatic carbocycles. The molecule has 1 heterocycles. The van der Waals surface area contributed by atoms with E-state index in [1.807, 2.05) is 0 Å². The minimum absolute atomic E-state index is 0.0417. The fourth-order valence-electron chi connectivity index (χ4n) is 3.03. The molecule has 0 radical (unpaired) electrons. The van der Waals surface area contributed by atoms with Crippen molar-refractivity contribution in [2.24, 2.45) is 0 Å². The second-order valence-corrected chi connectivity index (χ2v) is 6.60. The second kappa shape index (κ2) is 9.18. The lowest BCUT2D eigenvalue weighted by Gasteiger charge is -2.27. The first-order valence-electron chi connectivity index (χ1n) is 9.19. The van der Waals surface area contributed by atoms with Crippen LogP contribution < -0.4 is 15.0 Å². The first-order chi connectivity index (χ1) is 13.9. The van der Waals surface area contributed by atoms with Crippen LogP contribution in [-0.4, -0.2) is 37.0 Å². The highest BCUT2D eigenvalue weighted by atomic mass is 19.1. The topological polar surface area (TPSA) is 84.9 Å². The number of rotatable bonds is 6. The van der Waals surface area contributed by atoms with Crippen LogP contribution in [0.25, 0.3) is 0 Å². The summed E-state index contributed by atoms with van der Waals surface area (Å²) in [6.45, 7) is 1.36. The first kappa shape index (κ1) is 20.3. The molecule has 152 valence electrons. The lowest BCUT2D eigenvalue weighted by atomic mass is 10.1. The van der Waals surface area contributed by atoms with Gasteiger partial charge in [0.05, 0.1) is 24.4 Å². The Balaban J connectivity index is 1.53. The summed E-state index contributed by atoms with van der Waals surface area (Å²) in [5, 5.41) is 2.77. The molecule has 0 saturated carbocycles. The monoisotopic (exact) mass is 400 g/mol. The Morgan fingerprint density at radius 1 is 1.17 bits per heavy atom. The molecule has 2 aromatic rings. The number of ether oxygens (including phenoxy) is 2. The summed E-state index contributed by atoms with van der Waals surface area (Å²) in [6.07, 6.45) is 0.0801. The number of anilines is 2. The zero-order valence-corrected chi connectivity index (χ0v) is 15.9. The third-order valence-electron chi connectivity index (χ3n) is 4.37. The third-order valence-corrected chi connectivity index (χ3v) is 4.37. The number of nitrogens with one attached hydrogen (secondary N) is 1. The molecule has 7 nitrogen and oxygen atoms in total. The van der Waals surface area contributed by atoms with E-state index in [-0.39, 0.29) is 37.2 Å². The first-order valence-corrected chi connectivity index (χ1v) is 9.19. The maximum atomic E-state index is 12.8. The van der Waals surface area contributed by atoms with Crippen LogP contribution in [0.1, 0.15) is 19.8 Å². The van der Waals surface area contributed by atoms with E-state index in [1.54, 1.807) is 31.2 Å². The molecule has 8 heteroatoms. The third kappa shape index (κ3) is 5.31. The van der Waals surface area contributed by atoms with Crippen molar-refractivity contribution >= 4 is 29.2 Å². The molecule has 0 saturated heterocycles. The fourth-order valence-corrected chi connectivity index (χ4v) is 3.03. The second-order valence-electron chi connectivity index (χ2n) is 6.60. The van der Waals surface area contributed by atoms with Crippen molar-refractivity contribution in [1.82, 2.24) is 0 Å². The van der Waals surface area contributed by atoms with Crippen molar-refractivity contribution in [1.29, 1.82) is 0 Å². The summed E-state index contributed by atoms with van der Waals surface area (Å²) < 4.78 is 23.3. The van der Waals surface area contributed by atoms with Gasteiger partial charge in [0, 0.05) is 12.5 Å². The quantitative estimate of drug-likeness (QED) is 0.754. The van der Waals surface area contributed by atoms with Crippen molar-refractivity contribution in [3.8, 4) is 5.75 Å². The number of halogens is 1. The Morgan fingerprint density at radius 3 is 2.66 bits per heavy atom. The highest BCUT2D eigenvalue weighted by molar-refractivity contribution is 6.05. The van der Waals surface area contributed by atoms with Gasteiger partial charge in [-0.3, -0.25) is 14.4 Å². The van der Waals surface area contributed by atoms with Gasteiger partial charge < -0.3 is 19.7 Å². The summed E-state index contributed by atoms with van der Waals surface area (Å²) in [6, 6.07) is 12.0. The number of amides is 2. The number of nitrogens with zero attached hydrogens (tertiary/aromatic N) is 1. The number of fused-ring (bicyclic) bond motifs is 1. The number of carbonyl (C=O) groups is 3. The predicted molar refractivity (Wildman–Crippen MR) is 104 cm³/mol. The van der Waals surface area contributed by atoms with Crippen molar-refractivity contribution in [2.45, 2.75) is 25.8 Å². The normalized spacial score (nSPS) is 15.7. The lowest BCUT2D eigenvalue weighted by molar-refractivity contribution is -0.148. The molecule has 2 aromatic carbocycles. The zero-order chi connectivity index (χ0) is 20.8. The van der Waals surface area contributed by atoms with E-state index in [9.17, 15) is 18.8 Å². The predicted octanol–water partition coefficient (Wildman–Crippen LogP) is 2.90. The van der Waals surface area contributed by atoms with Crippen molar-refractivity contribution < 1.29 is 28.2 Å². The van der Waals surface area contributed by atoms with Crippen LogP contribution in [0.2, 0.25) is 0 Å². The van der Waals surface area contributed by atoms with Gasteiger partial charge in [-0.05, 0) is 43.3 Å². The molecular formula is C21H21FN2O5. The Kier molecular flexibility index (Phi) is 6.43. The summed E-state index contributed by atoms with van der Waals surface area (Å²) in [5.41, 5.74) is 1.10. The Bertz CT molecular complexity index is 900. The van der Waals surface area contributed by atoms with Crippen LogP contribution in [0, 0.1) is 5.82 Å². The smallest absolute Gasteiger partial charge is 0.309 e. The minimum Gasteiger partial charge on any atom is -0.493 e. The molecule has 1 unspecified atom stereocenters. The van der Waals surface area contributed by atoms with Crippen molar-refractivity contribution in [3.05, 3.63) is 54.3 Å². The standard InChI is InChI=1S/C21H21FN2O5/c1-14-12-19(25)23-17-4-2-3-5-18(17)24(14)20(26)13-29-21(27)10-11-28-16-8-6-15(22)7-9-16/h2-9,14H,10-13H2,1H3,(H,23,25). The molecule has 0 fully saturated rings. The van der Waals surface area contributed by atoms with Crippen LogP contribution in [-0.2, 0) is 19.1 Å². The Labute approximate surface area is 167 Å². The van der Waals surface area contributed by atoms with E-state index in [1.165, 1.54) is 29.2 Å². The van der Waals surface area contributed by atoms with E-state index in [2.05, 4.69) is 5.32 Å². The number of carbonyl (C=O) groups excluding carboxylic acids is 3. The molecule has 29 heavy (non-hydrogen) atoms. The van der Waals surface area contributed by atoms with Crippen LogP contribution >= 0.6 is 0 Å². The molecule has 1 N–H and O–H groups in total. The van der Waals surface area contributed by atoms with Gasteiger partial charge in [0.25, 0.3) is 5.91 Å². The molecule has 0 spiro atoms.